The van der Waals surface area contributed by atoms with Crippen LogP contribution in [-0.4, -0.2) is 4.98 Å². The summed E-state index contributed by atoms with van der Waals surface area (Å²) in [5.41, 5.74) is 1.49. The van der Waals surface area contributed by atoms with Gasteiger partial charge in [0, 0.05) is 0 Å². The molecule has 1 heterocycles. The smallest absolute Gasteiger partial charge is 0.131 e. The van der Waals surface area contributed by atoms with Crippen LogP contribution in [0.4, 0.5) is 0 Å². The third-order valence-electron chi connectivity index (χ3n) is 3.42. The van der Waals surface area contributed by atoms with Crippen molar-refractivity contribution in [2.45, 2.75) is 44.4 Å². The fourth-order valence-electron chi connectivity index (χ4n) is 2.43. The van der Waals surface area contributed by atoms with Crippen molar-refractivity contribution in [2.24, 2.45) is 0 Å². The number of aromatic nitrogens is 1. The van der Waals surface area contributed by atoms with E-state index in [0.717, 1.165) is 0 Å². The van der Waals surface area contributed by atoms with E-state index < -0.39 is 0 Å². The maximum atomic E-state index is 5.94. The Morgan fingerprint density at radius 2 is 1.60 bits per heavy atom. The summed E-state index contributed by atoms with van der Waals surface area (Å²) < 4.78 is 0. The molecule has 0 aromatic carbocycles. The number of halogens is 2. The van der Waals surface area contributed by atoms with Gasteiger partial charge in [0.25, 0.3) is 0 Å². The zero-order valence-corrected chi connectivity index (χ0v) is 10.4. The molecule has 0 aliphatic heterocycles. The Labute approximate surface area is 101 Å². The van der Waals surface area contributed by atoms with Gasteiger partial charge in [-0.1, -0.05) is 49.4 Å². The molecule has 0 unspecified atom stereocenters. The highest BCUT2D eigenvalue weighted by Crippen LogP contribution is 2.40. The molecule has 1 aliphatic carbocycles. The average Bonchev–Trinajstić information content (AvgIpc) is 2.17. The lowest BCUT2D eigenvalue weighted by atomic mass is 9.71. The summed E-state index contributed by atoms with van der Waals surface area (Å²) in [7, 11) is 0. The van der Waals surface area contributed by atoms with Crippen molar-refractivity contribution < 1.29 is 0 Å². The summed E-state index contributed by atoms with van der Waals surface area (Å²) in [4.78, 5) is 3.99. The second-order valence-electron chi connectivity index (χ2n) is 4.62. The quantitative estimate of drug-likeness (QED) is 0.657. The van der Waals surface area contributed by atoms with Crippen LogP contribution in [0.3, 0.4) is 0 Å². The number of pyridine rings is 1. The molecule has 0 bridgehead atoms. The average molecular weight is 244 g/mol. The van der Waals surface area contributed by atoms with Gasteiger partial charge >= 0.3 is 0 Å². The minimum Gasteiger partial charge on any atom is -0.224 e. The van der Waals surface area contributed by atoms with Gasteiger partial charge in [0.05, 0.1) is 0 Å². The van der Waals surface area contributed by atoms with E-state index in [0.29, 0.717) is 10.3 Å². The van der Waals surface area contributed by atoms with Crippen molar-refractivity contribution in [3.05, 3.63) is 28.0 Å². The van der Waals surface area contributed by atoms with E-state index in [-0.39, 0.29) is 5.41 Å². The van der Waals surface area contributed by atoms with Crippen LogP contribution < -0.4 is 0 Å². The van der Waals surface area contributed by atoms with E-state index in [9.17, 15) is 0 Å². The van der Waals surface area contributed by atoms with E-state index in [2.05, 4.69) is 11.9 Å². The molecule has 0 saturated heterocycles. The van der Waals surface area contributed by atoms with Crippen molar-refractivity contribution in [2.75, 3.05) is 0 Å². The Morgan fingerprint density at radius 3 is 2.13 bits per heavy atom. The normalized spacial score (nSPS) is 20.2. The molecule has 1 fully saturated rings. The van der Waals surface area contributed by atoms with Crippen LogP contribution in [0.2, 0.25) is 10.3 Å². The van der Waals surface area contributed by atoms with Gasteiger partial charge in [0.15, 0.2) is 0 Å². The van der Waals surface area contributed by atoms with Crippen molar-refractivity contribution in [1.82, 2.24) is 4.98 Å². The lowest BCUT2D eigenvalue weighted by molar-refractivity contribution is 0.319. The number of rotatable bonds is 1. The summed E-state index contributed by atoms with van der Waals surface area (Å²) in [5, 5.41) is 1.01. The summed E-state index contributed by atoms with van der Waals surface area (Å²) >= 11 is 11.9. The molecule has 1 saturated carbocycles. The maximum Gasteiger partial charge on any atom is 0.131 e. The van der Waals surface area contributed by atoms with Crippen molar-refractivity contribution in [3.63, 3.8) is 0 Å². The molecule has 0 spiro atoms. The number of hydrogen-bond donors (Lipinski definition) is 0. The largest absolute Gasteiger partial charge is 0.224 e. The van der Waals surface area contributed by atoms with Crippen LogP contribution in [0.5, 0.6) is 0 Å². The van der Waals surface area contributed by atoms with Gasteiger partial charge in [0.2, 0.25) is 0 Å². The van der Waals surface area contributed by atoms with Crippen LogP contribution in [0.15, 0.2) is 12.1 Å². The first-order valence-corrected chi connectivity index (χ1v) is 6.19. The first-order valence-electron chi connectivity index (χ1n) is 5.44. The van der Waals surface area contributed by atoms with E-state index in [1.54, 1.807) is 0 Å². The van der Waals surface area contributed by atoms with Crippen molar-refractivity contribution in [3.8, 4) is 0 Å². The number of nitrogens with zero attached hydrogens (tertiary/aromatic N) is 1. The molecular weight excluding hydrogens is 229 g/mol. The molecular formula is C12H15Cl2N. The first-order chi connectivity index (χ1) is 7.10. The minimum absolute atomic E-state index is 0.245. The molecule has 1 aromatic heterocycles. The lowest BCUT2D eigenvalue weighted by Gasteiger charge is -2.34. The molecule has 82 valence electrons. The van der Waals surface area contributed by atoms with Gasteiger partial charge in [0.1, 0.15) is 10.3 Å². The van der Waals surface area contributed by atoms with Crippen LogP contribution >= 0.6 is 23.2 Å². The third kappa shape index (κ3) is 2.46. The Bertz CT molecular complexity index is 336. The lowest BCUT2D eigenvalue weighted by Crippen LogP contribution is -2.25. The van der Waals surface area contributed by atoms with Gasteiger partial charge < -0.3 is 0 Å². The first kappa shape index (κ1) is 11.2. The van der Waals surface area contributed by atoms with Gasteiger partial charge in [-0.3, -0.25) is 0 Å². The molecule has 1 nitrogen and oxygen atoms in total. The third-order valence-corrected chi connectivity index (χ3v) is 3.80. The Balaban J connectivity index is 2.34. The molecule has 0 amide bonds. The highest BCUT2D eigenvalue weighted by Gasteiger charge is 2.29. The monoisotopic (exact) mass is 243 g/mol. The Kier molecular flexibility index (Phi) is 3.22. The van der Waals surface area contributed by atoms with E-state index in [1.165, 1.54) is 37.7 Å². The molecule has 1 aromatic rings. The summed E-state index contributed by atoms with van der Waals surface area (Å²) in [6.45, 7) is 2.30. The van der Waals surface area contributed by atoms with Crippen molar-refractivity contribution >= 4 is 23.2 Å². The Hall–Kier alpha value is -0.270. The number of hydrogen-bond acceptors (Lipinski definition) is 1. The molecule has 0 radical (unpaired) electrons. The molecule has 2 rings (SSSR count). The topological polar surface area (TPSA) is 12.9 Å². The van der Waals surface area contributed by atoms with Crippen molar-refractivity contribution in [1.29, 1.82) is 0 Å². The molecule has 0 atom stereocenters. The van der Waals surface area contributed by atoms with Crippen LogP contribution in [0, 0.1) is 0 Å². The SMILES string of the molecule is CC1(c2cc(Cl)nc(Cl)c2)CCCCC1. The van der Waals surface area contributed by atoms with Gasteiger partial charge in [-0.05, 0) is 36.0 Å². The second kappa shape index (κ2) is 4.31. The van der Waals surface area contributed by atoms with Gasteiger partial charge in [-0.25, -0.2) is 4.98 Å². The maximum absolute atomic E-state index is 5.94. The second-order valence-corrected chi connectivity index (χ2v) is 5.40. The highest BCUT2D eigenvalue weighted by atomic mass is 35.5. The summed E-state index contributed by atoms with van der Waals surface area (Å²) in [6, 6.07) is 3.91. The van der Waals surface area contributed by atoms with E-state index >= 15 is 0 Å². The molecule has 1 aliphatic rings. The fourth-order valence-corrected chi connectivity index (χ4v) is 2.89. The van der Waals surface area contributed by atoms with Gasteiger partial charge in [-0.15, -0.1) is 0 Å². The zero-order valence-electron chi connectivity index (χ0n) is 8.89. The fraction of sp³-hybridized carbons (Fsp3) is 0.583. The highest BCUT2D eigenvalue weighted by molar-refractivity contribution is 6.32. The predicted octanol–water partition coefficient (Wildman–Crippen LogP) is 4.61. The summed E-state index contributed by atoms with van der Waals surface area (Å²) in [5.74, 6) is 0. The van der Waals surface area contributed by atoms with E-state index in [4.69, 9.17) is 23.2 Å². The molecule has 3 heteroatoms. The molecule has 15 heavy (non-hydrogen) atoms. The Morgan fingerprint density at radius 1 is 1.07 bits per heavy atom. The summed E-state index contributed by atoms with van der Waals surface area (Å²) in [6.07, 6.45) is 6.40. The molecule has 0 N–H and O–H groups in total. The standard InChI is InChI=1S/C12H15Cl2N/c1-12(5-3-2-4-6-12)9-7-10(13)15-11(14)8-9/h7-8H,2-6H2,1H3. The minimum atomic E-state index is 0.245. The predicted molar refractivity (Wildman–Crippen MR) is 64.7 cm³/mol. The van der Waals surface area contributed by atoms with Crippen LogP contribution in [0.25, 0.3) is 0 Å². The van der Waals surface area contributed by atoms with Gasteiger partial charge in [-0.2, -0.15) is 0 Å². The van der Waals surface area contributed by atoms with Crippen LogP contribution in [-0.2, 0) is 5.41 Å². The van der Waals surface area contributed by atoms with Crippen LogP contribution in [0.1, 0.15) is 44.6 Å². The zero-order chi connectivity index (χ0) is 10.9. The van der Waals surface area contributed by atoms with E-state index in [1.807, 2.05) is 12.1 Å².